The fourth-order valence-electron chi connectivity index (χ4n) is 3.28. The molecule has 3 aliphatic rings. The maximum absolute atomic E-state index is 11.9. The Labute approximate surface area is 106 Å². The van der Waals surface area contributed by atoms with Gasteiger partial charge in [-0.1, -0.05) is 0 Å². The topological polar surface area (TPSA) is 76.2 Å². The highest BCUT2D eigenvalue weighted by molar-refractivity contribution is 7.84. The fourth-order valence-corrected chi connectivity index (χ4v) is 4.79. The molecular weight excluding hydrogens is 260 g/mol. The molecule has 8 heteroatoms. The van der Waals surface area contributed by atoms with Crippen molar-refractivity contribution in [2.45, 2.75) is 37.5 Å². The van der Waals surface area contributed by atoms with E-state index < -0.39 is 10.3 Å². The van der Waals surface area contributed by atoms with Gasteiger partial charge in [-0.3, -0.25) is 4.18 Å². The minimum Gasteiger partial charge on any atom is -0.453 e. The quantitative estimate of drug-likeness (QED) is 0.619. The molecule has 0 aromatic carbocycles. The number of methoxy groups -OCH3 is 1. The monoisotopic (exact) mass is 276 g/mol. The molecule has 2 heterocycles. The summed E-state index contributed by atoms with van der Waals surface area (Å²) in [7, 11) is -2.26. The van der Waals surface area contributed by atoms with E-state index in [1.165, 1.54) is 11.4 Å². The second-order valence-corrected chi connectivity index (χ2v) is 6.37. The first kappa shape index (κ1) is 12.2. The lowest BCUT2D eigenvalue weighted by molar-refractivity contribution is 0.0132. The normalized spacial score (nSPS) is 38.3. The lowest BCUT2D eigenvalue weighted by Crippen LogP contribution is -2.63. The lowest BCUT2D eigenvalue weighted by atomic mass is 9.85. The van der Waals surface area contributed by atoms with Crippen molar-refractivity contribution in [3.05, 3.63) is 0 Å². The number of carbonyl (C=O) groups excluding carboxylic acids is 1. The summed E-state index contributed by atoms with van der Waals surface area (Å²) < 4.78 is 35.0. The molecule has 0 radical (unpaired) electrons. The van der Waals surface area contributed by atoms with Crippen LogP contribution in [0.15, 0.2) is 0 Å². The summed E-state index contributed by atoms with van der Waals surface area (Å²) in [6, 6.07) is -0.362. The van der Waals surface area contributed by atoms with Gasteiger partial charge < -0.3 is 9.64 Å². The third-order valence-electron chi connectivity index (χ3n) is 4.00. The summed E-state index contributed by atoms with van der Waals surface area (Å²) in [5.41, 5.74) is 0. The second-order valence-electron chi connectivity index (χ2n) is 4.86. The molecule has 1 amide bonds. The number of carbonyl (C=O) groups is 1. The van der Waals surface area contributed by atoms with E-state index in [0.717, 1.165) is 19.3 Å². The number of nitrogens with zero attached hydrogens (tertiary/aromatic N) is 2. The number of amides is 1. The van der Waals surface area contributed by atoms with Crippen LogP contribution in [0.25, 0.3) is 0 Å². The van der Waals surface area contributed by atoms with Gasteiger partial charge in [-0.25, -0.2) is 4.79 Å². The Morgan fingerprint density at radius 1 is 1.33 bits per heavy atom. The first-order valence-corrected chi connectivity index (χ1v) is 7.46. The van der Waals surface area contributed by atoms with Gasteiger partial charge >= 0.3 is 16.4 Å². The first-order chi connectivity index (χ1) is 8.54. The molecule has 0 bridgehead atoms. The molecule has 3 atom stereocenters. The highest BCUT2D eigenvalue weighted by Crippen LogP contribution is 2.39. The van der Waals surface area contributed by atoms with Crippen molar-refractivity contribution in [3.63, 3.8) is 0 Å². The minimum atomic E-state index is -3.60. The molecule has 0 N–H and O–H groups in total. The van der Waals surface area contributed by atoms with Gasteiger partial charge in [0, 0.05) is 13.1 Å². The summed E-state index contributed by atoms with van der Waals surface area (Å²) in [6.45, 7) is 0.651. The van der Waals surface area contributed by atoms with Gasteiger partial charge in [0.25, 0.3) is 0 Å². The molecule has 0 aromatic heterocycles. The van der Waals surface area contributed by atoms with E-state index in [4.69, 9.17) is 8.92 Å². The van der Waals surface area contributed by atoms with Crippen molar-refractivity contribution in [1.29, 1.82) is 0 Å². The number of rotatable bonds is 0. The van der Waals surface area contributed by atoms with Crippen molar-refractivity contribution >= 4 is 16.4 Å². The molecule has 3 rings (SSSR count). The summed E-state index contributed by atoms with van der Waals surface area (Å²) >= 11 is 0. The van der Waals surface area contributed by atoms with Crippen LogP contribution in [0, 0.1) is 0 Å². The van der Waals surface area contributed by atoms with Crippen LogP contribution in [0.2, 0.25) is 0 Å². The van der Waals surface area contributed by atoms with Gasteiger partial charge in [-0.05, 0) is 19.3 Å². The molecule has 18 heavy (non-hydrogen) atoms. The molecule has 102 valence electrons. The molecule has 7 nitrogen and oxygen atoms in total. The zero-order valence-corrected chi connectivity index (χ0v) is 10.9. The Hall–Kier alpha value is -0.860. The summed E-state index contributed by atoms with van der Waals surface area (Å²) in [5, 5.41) is 0. The van der Waals surface area contributed by atoms with Gasteiger partial charge in [-0.15, -0.1) is 0 Å². The fraction of sp³-hybridized carbons (Fsp3) is 0.900. The van der Waals surface area contributed by atoms with E-state index >= 15 is 0 Å². The Morgan fingerprint density at radius 3 is 2.83 bits per heavy atom. The van der Waals surface area contributed by atoms with E-state index in [-0.39, 0.29) is 30.8 Å². The van der Waals surface area contributed by atoms with Gasteiger partial charge in [-0.2, -0.15) is 12.7 Å². The van der Waals surface area contributed by atoms with Crippen molar-refractivity contribution < 1.29 is 22.1 Å². The average molecular weight is 276 g/mol. The minimum absolute atomic E-state index is 0.123. The van der Waals surface area contributed by atoms with E-state index in [9.17, 15) is 13.2 Å². The highest BCUT2D eigenvalue weighted by atomic mass is 32.2. The van der Waals surface area contributed by atoms with Crippen LogP contribution < -0.4 is 0 Å². The highest BCUT2D eigenvalue weighted by Gasteiger charge is 2.55. The number of hydrogen-bond donors (Lipinski definition) is 0. The SMILES string of the molecule is COC(=O)N1CCN2C3C(CCCC31)OS2(=O)=O. The third-order valence-corrected chi connectivity index (χ3v) is 5.49. The van der Waals surface area contributed by atoms with Crippen LogP contribution >= 0.6 is 0 Å². The molecule has 3 fully saturated rings. The predicted octanol–water partition coefficient (Wildman–Crippen LogP) is -0.0649. The van der Waals surface area contributed by atoms with Crippen molar-refractivity contribution in [2.24, 2.45) is 0 Å². The van der Waals surface area contributed by atoms with Crippen molar-refractivity contribution in [2.75, 3.05) is 20.2 Å². The van der Waals surface area contributed by atoms with Crippen molar-refractivity contribution in [3.8, 4) is 0 Å². The van der Waals surface area contributed by atoms with E-state index in [1.54, 1.807) is 4.90 Å². The molecule has 3 unspecified atom stereocenters. The lowest BCUT2D eigenvalue weighted by Gasteiger charge is -2.45. The number of hydrogen-bond acceptors (Lipinski definition) is 5. The molecule has 1 aliphatic carbocycles. The largest absolute Gasteiger partial charge is 0.453 e. The Morgan fingerprint density at radius 2 is 2.11 bits per heavy atom. The molecule has 1 saturated carbocycles. The summed E-state index contributed by atoms with van der Waals surface area (Å²) in [4.78, 5) is 13.3. The summed E-state index contributed by atoms with van der Waals surface area (Å²) in [5.74, 6) is 0. The third kappa shape index (κ3) is 1.63. The molecular formula is C10H16N2O5S. The molecule has 0 aromatic rings. The summed E-state index contributed by atoms with van der Waals surface area (Å²) in [6.07, 6.45) is 1.69. The Bertz CT molecular complexity index is 465. The van der Waals surface area contributed by atoms with Crippen LogP contribution in [0.3, 0.4) is 0 Å². The van der Waals surface area contributed by atoms with Crippen LogP contribution in [-0.4, -0.2) is 62.1 Å². The maximum atomic E-state index is 11.9. The predicted molar refractivity (Wildman–Crippen MR) is 61.0 cm³/mol. The molecule has 0 spiro atoms. The van der Waals surface area contributed by atoms with E-state index in [0.29, 0.717) is 6.54 Å². The van der Waals surface area contributed by atoms with Crippen LogP contribution in [-0.2, 0) is 19.2 Å². The molecule has 2 saturated heterocycles. The smallest absolute Gasteiger partial charge is 0.409 e. The van der Waals surface area contributed by atoms with E-state index in [2.05, 4.69) is 0 Å². The molecule has 2 aliphatic heterocycles. The van der Waals surface area contributed by atoms with Gasteiger partial charge in [0.2, 0.25) is 0 Å². The average Bonchev–Trinajstić information content (AvgIpc) is 2.62. The number of ether oxygens (including phenoxy) is 1. The Balaban J connectivity index is 1.93. The van der Waals surface area contributed by atoms with Crippen molar-refractivity contribution in [1.82, 2.24) is 9.21 Å². The Kier molecular flexibility index (Phi) is 2.76. The zero-order valence-electron chi connectivity index (χ0n) is 10.1. The van der Waals surface area contributed by atoms with Crippen LogP contribution in [0.4, 0.5) is 4.79 Å². The van der Waals surface area contributed by atoms with Gasteiger partial charge in [0.1, 0.15) is 0 Å². The van der Waals surface area contributed by atoms with E-state index in [1.807, 2.05) is 0 Å². The maximum Gasteiger partial charge on any atom is 0.409 e. The standard InChI is InChI=1S/C10H16N2O5S/c1-16-10(13)11-5-6-12-9-7(11)3-2-4-8(9)17-18(12,14)15/h7-9H,2-6H2,1H3. The number of piperazine rings is 1. The van der Waals surface area contributed by atoms with Gasteiger partial charge in [0.05, 0.1) is 25.3 Å². The van der Waals surface area contributed by atoms with Crippen LogP contribution in [0.1, 0.15) is 19.3 Å². The second kappa shape index (κ2) is 4.07. The van der Waals surface area contributed by atoms with Crippen LogP contribution in [0.5, 0.6) is 0 Å². The zero-order chi connectivity index (χ0) is 12.9. The first-order valence-electron chi connectivity index (χ1n) is 6.09. The van der Waals surface area contributed by atoms with Gasteiger partial charge in [0.15, 0.2) is 0 Å².